The summed E-state index contributed by atoms with van der Waals surface area (Å²) in [6, 6.07) is 3.79. The Hall–Kier alpha value is -1.44. The number of amides is 1. The summed E-state index contributed by atoms with van der Waals surface area (Å²) in [6.45, 7) is 0.533. The summed E-state index contributed by atoms with van der Waals surface area (Å²) in [4.78, 5) is 23.8. The van der Waals surface area contributed by atoms with Crippen LogP contribution in [0.25, 0.3) is 0 Å². The van der Waals surface area contributed by atoms with Crippen molar-refractivity contribution in [1.29, 1.82) is 0 Å². The van der Waals surface area contributed by atoms with E-state index < -0.39 is 5.97 Å². The van der Waals surface area contributed by atoms with Gasteiger partial charge in [-0.3, -0.25) is 4.79 Å². The van der Waals surface area contributed by atoms with Crippen molar-refractivity contribution in [2.24, 2.45) is 0 Å². The first-order chi connectivity index (χ1) is 10.6. The van der Waals surface area contributed by atoms with Gasteiger partial charge in [0.25, 0.3) is 0 Å². The molecule has 1 aliphatic rings. The van der Waals surface area contributed by atoms with E-state index in [2.05, 4.69) is 11.4 Å². The standard InChI is InChI=1S/C15H21NO5S/c17-14(5-1-3-11-4-2-8-22-11)16-12-9-20-7-6-13(12)21-10-15(18)19/h2,4,8,12-13H,1,3,5-7,9-10H2,(H,16,17)(H,18,19)/t12-,13+/m1/s1. The fourth-order valence-corrected chi connectivity index (χ4v) is 3.14. The highest BCUT2D eigenvalue weighted by molar-refractivity contribution is 7.09. The number of aryl methyl sites for hydroxylation is 1. The molecule has 0 radical (unpaired) electrons. The van der Waals surface area contributed by atoms with Crippen LogP contribution in [-0.4, -0.2) is 48.9 Å². The maximum absolute atomic E-state index is 12.0. The molecule has 2 rings (SSSR count). The van der Waals surface area contributed by atoms with Gasteiger partial charge in [0.05, 0.1) is 18.8 Å². The lowest BCUT2D eigenvalue weighted by molar-refractivity contribution is -0.148. The molecule has 2 atom stereocenters. The number of hydrogen-bond donors (Lipinski definition) is 2. The molecule has 1 aromatic heterocycles. The van der Waals surface area contributed by atoms with Crippen molar-refractivity contribution < 1.29 is 24.2 Å². The molecule has 0 saturated carbocycles. The fourth-order valence-electron chi connectivity index (χ4n) is 2.39. The minimum absolute atomic E-state index is 0.0454. The molecule has 1 aliphatic heterocycles. The number of rotatable bonds is 8. The van der Waals surface area contributed by atoms with Crippen molar-refractivity contribution in [1.82, 2.24) is 5.32 Å². The maximum atomic E-state index is 12.0. The van der Waals surface area contributed by atoms with Gasteiger partial charge in [0.2, 0.25) is 5.91 Å². The number of carboxylic acid groups (broad SMARTS) is 1. The third kappa shape index (κ3) is 5.75. The lowest BCUT2D eigenvalue weighted by atomic mass is 10.1. The molecule has 2 heterocycles. The number of hydrogen-bond acceptors (Lipinski definition) is 5. The van der Waals surface area contributed by atoms with Crippen LogP contribution in [0.5, 0.6) is 0 Å². The highest BCUT2D eigenvalue weighted by atomic mass is 32.1. The molecule has 0 unspecified atom stereocenters. The van der Waals surface area contributed by atoms with E-state index >= 15 is 0 Å². The molecule has 7 heteroatoms. The monoisotopic (exact) mass is 327 g/mol. The van der Waals surface area contributed by atoms with E-state index in [1.807, 2.05) is 11.4 Å². The zero-order valence-corrected chi connectivity index (χ0v) is 13.1. The number of carboxylic acids is 1. The molecule has 1 aromatic rings. The van der Waals surface area contributed by atoms with Gasteiger partial charge in [-0.2, -0.15) is 0 Å². The second-order valence-corrected chi connectivity index (χ2v) is 6.25. The Morgan fingerprint density at radius 1 is 1.50 bits per heavy atom. The fraction of sp³-hybridized carbons (Fsp3) is 0.600. The Balaban J connectivity index is 1.71. The first-order valence-corrected chi connectivity index (χ1v) is 8.26. The third-order valence-electron chi connectivity index (χ3n) is 3.47. The average Bonchev–Trinajstić information content (AvgIpc) is 2.99. The molecule has 1 amide bonds. The number of aliphatic carboxylic acids is 1. The highest BCUT2D eigenvalue weighted by Gasteiger charge is 2.28. The Bertz CT molecular complexity index is 476. The number of carbonyl (C=O) groups excluding carboxylic acids is 1. The van der Waals surface area contributed by atoms with Gasteiger partial charge in [-0.05, 0) is 30.7 Å². The highest BCUT2D eigenvalue weighted by Crippen LogP contribution is 2.14. The van der Waals surface area contributed by atoms with Crippen LogP contribution in [0.1, 0.15) is 24.1 Å². The normalized spacial score (nSPS) is 21.5. The summed E-state index contributed by atoms with van der Waals surface area (Å²) in [5.41, 5.74) is 0. The van der Waals surface area contributed by atoms with E-state index in [0.717, 1.165) is 12.8 Å². The van der Waals surface area contributed by atoms with E-state index in [-0.39, 0.29) is 24.7 Å². The SMILES string of the molecule is O=C(O)CO[C@H]1CCOC[C@H]1NC(=O)CCCc1cccs1. The number of nitrogens with one attached hydrogen (secondary N) is 1. The molecule has 0 spiro atoms. The second kappa shape index (κ2) is 8.87. The molecule has 0 aromatic carbocycles. The van der Waals surface area contributed by atoms with Gasteiger partial charge in [0, 0.05) is 17.9 Å². The zero-order chi connectivity index (χ0) is 15.8. The molecule has 22 heavy (non-hydrogen) atoms. The van der Waals surface area contributed by atoms with Crippen molar-refractivity contribution in [3.63, 3.8) is 0 Å². The minimum atomic E-state index is -1.01. The average molecular weight is 327 g/mol. The molecule has 0 aliphatic carbocycles. The van der Waals surface area contributed by atoms with Gasteiger partial charge in [-0.15, -0.1) is 11.3 Å². The Morgan fingerprint density at radius 2 is 2.36 bits per heavy atom. The molecule has 2 N–H and O–H groups in total. The quantitative estimate of drug-likeness (QED) is 0.755. The maximum Gasteiger partial charge on any atom is 0.329 e. The van der Waals surface area contributed by atoms with Crippen LogP contribution in [0.4, 0.5) is 0 Å². The third-order valence-corrected chi connectivity index (χ3v) is 4.40. The topological polar surface area (TPSA) is 84.9 Å². The zero-order valence-electron chi connectivity index (χ0n) is 12.3. The van der Waals surface area contributed by atoms with Crippen molar-refractivity contribution in [2.75, 3.05) is 19.8 Å². The lowest BCUT2D eigenvalue weighted by Crippen LogP contribution is -2.50. The van der Waals surface area contributed by atoms with Crippen LogP contribution in [-0.2, 0) is 25.5 Å². The van der Waals surface area contributed by atoms with Gasteiger partial charge >= 0.3 is 5.97 Å². The Morgan fingerprint density at radius 3 is 3.09 bits per heavy atom. The first kappa shape index (κ1) is 16.9. The van der Waals surface area contributed by atoms with Crippen molar-refractivity contribution in [3.05, 3.63) is 22.4 Å². The predicted octanol–water partition coefficient (Wildman–Crippen LogP) is 1.45. The molecule has 0 bridgehead atoms. The molecule has 122 valence electrons. The van der Waals surface area contributed by atoms with Crippen molar-refractivity contribution >= 4 is 23.2 Å². The van der Waals surface area contributed by atoms with Gasteiger partial charge in [-0.25, -0.2) is 4.79 Å². The molecule has 6 nitrogen and oxygen atoms in total. The number of thiophene rings is 1. The minimum Gasteiger partial charge on any atom is -0.480 e. The van der Waals surface area contributed by atoms with E-state index in [0.29, 0.717) is 26.1 Å². The number of ether oxygens (including phenoxy) is 2. The Labute approximate surface area is 133 Å². The van der Waals surface area contributed by atoms with Crippen LogP contribution in [0.3, 0.4) is 0 Å². The summed E-state index contributed by atoms with van der Waals surface area (Å²) < 4.78 is 10.7. The molecular weight excluding hydrogens is 306 g/mol. The molecule has 1 saturated heterocycles. The van der Waals surface area contributed by atoms with Crippen LogP contribution in [0.15, 0.2) is 17.5 Å². The summed E-state index contributed by atoms with van der Waals surface area (Å²) in [7, 11) is 0. The lowest BCUT2D eigenvalue weighted by Gasteiger charge is -2.31. The van der Waals surface area contributed by atoms with Gasteiger partial charge in [0.15, 0.2) is 0 Å². The number of carbonyl (C=O) groups is 2. The van der Waals surface area contributed by atoms with Crippen LogP contribution < -0.4 is 5.32 Å². The first-order valence-electron chi connectivity index (χ1n) is 7.38. The summed E-state index contributed by atoms with van der Waals surface area (Å²) >= 11 is 1.69. The second-order valence-electron chi connectivity index (χ2n) is 5.21. The predicted molar refractivity (Wildman–Crippen MR) is 82.0 cm³/mol. The van der Waals surface area contributed by atoms with Gasteiger partial charge in [0.1, 0.15) is 6.61 Å². The van der Waals surface area contributed by atoms with Gasteiger partial charge < -0.3 is 19.9 Å². The van der Waals surface area contributed by atoms with Crippen molar-refractivity contribution in [3.8, 4) is 0 Å². The van der Waals surface area contributed by atoms with Crippen LogP contribution in [0.2, 0.25) is 0 Å². The van der Waals surface area contributed by atoms with E-state index in [1.54, 1.807) is 11.3 Å². The van der Waals surface area contributed by atoms with E-state index in [9.17, 15) is 9.59 Å². The van der Waals surface area contributed by atoms with Gasteiger partial charge in [-0.1, -0.05) is 6.07 Å². The van der Waals surface area contributed by atoms with Crippen LogP contribution in [0, 0.1) is 0 Å². The van der Waals surface area contributed by atoms with Crippen molar-refractivity contribution in [2.45, 2.75) is 37.8 Å². The summed E-state index contributed by atoms with van der Waals surface area (Å²) in [6.07, 6.45) is 2.42. The molecule has 1 fully saturated rings. The largest absolute Gasteiger partial charge is 0.480 e. The van der Waals surface area contributed by atoms with E-state index in [1.165, 1.54) is 4.88 Å². The molecular formula is C15H21NO5S. The Kier molecular flexibility index (Phi) is 6.82. The van der Waals surface area contributed by atoms with Crippen LogP contribution >= 0.6 is 11.3 Å². The van der Waals surface area contributed by atoms with E-state index in [4.69, 9.17) is 14.6 Å². The smallest absolute Gasteiger partial charge is 0.329 e. The summed E-state index contributed by atoms with van der Waals surface area (Å²) in [5.74, 6) is -1.05. The summed E-state index contributed by atoms with van der Waals surface area (Å²) in [5, 5.41) is 13.6.